The van der Waals surface area contributed by atoms with Crippen LogP contribution in [-0.2, 0) is 4.79 Å². The Bertz CT molecular complexity index is 1580. The van der Waals surface area contributed by atoms with Gasteiger partial charge in [-0.3, -0.25) is 9.20 Å². The van der Waals surface area contributed by atoms with Crippen LogP contribution in [0.1, 0.15) is 29.9 Å². The highest BCUT2D eigenvalue weighted by Crippen LogP contribution is 2.38. The number of alkyl halides is 3. The van der Waals surface area contributed by atoms with Gasteiger partial charge in [-0.15, -0.1) is 0 Å². The maximum atomic E-state index is 13.3. The van der Waals surface area contributed by atoms with Crippen LogP contribution in [-0.4, -0.2) is 81.9 Å². The molecule has 2 atom stereocenters. The standard InChI is InChI=1S/C23H27N7O3S.C2HF3O2/c1-12-8-29(9-13(2)24-12)16-7-6-15(18-19(16)34-23(28-18)33-5)21(31)26-17-11-30-10-14(3)25-20(30)22(27-17)32-4;3-2(4,5)1(6)7/h6-7,10-13,24H,8-9H2,1-5H3,(H,26,31);(H,6,7)/t12-,13-;/m0./s1. The molecule has 1 aromatic carbocycles. The van der Waals surface area contributed by atoms with E-state index in [1.54, 1.807) is 17.7 Å². The smallest absolute Gasteiger partial charge is 0.478 e. The number of aryl methyl sites for hydroxylation is 1. The van der Waals surface area contributed by atoms with Gasteiger partial charge in [-0.05, 0) is 32.9 Å². The summed E-state index contributed by atoms with van der Waals surface area (Å²) >= 11 is 1.45. The molecule has 1 aliphatic heterocycles. The molecule has 4 heterocycles. The van der Waals surface area contributed by atoms with Crippen molar-refractivity contribution in [2.75, 3.05) is 37.5 Å². The summed E-state index contributed by atoms with van der Waals surface area (Å²) < 4.78 is 45.2. The van der Waals surface area contributed by atoms with Crippen LogP contribution in [0.25, 0.3) is 15.9 Å². The molecule has 0 radical (unpaired) electrons. The Kier molecular flexibility index (Phi) is 8.53. The lowest BCUT2D eigenvalue weighted by molar-refractivity contribution is -0.192. The zero-order chi connectivity index (χ0) is 30.1. The van der Waals surface area contributed by atoms with Crippen LogP contribution in [0.3, 0.4) is 0 Å². The molecule has 3 N–H and O–H groups in total. The molecule has 1 saturated heterocycles. The number of carboxylic acids is 1. The fraction of sp³-hybridized carbons (Fsp3) is 0.400. The molecule has 220 valence electrons. The number of rotatable bonds is 5. The second-order valence-electron chi connectivity index (χ2n) is 9.37. The molecule has 12 nitrogen and oxygen atoms in total. The predicted octanol–water partition coefficient (Wildman–Crippen LogP) is 3.74. The van der Waals surface area contributed by atoms with Gasteiger partial charge in [0.25, 0.3) is 17.0 Å². The van der Waals surface area contributed by atoms with E-state index < -0.39 is 12.1 Å². The van der Waals surface area contributed by atoms with Gasteiger partial charge in [0.2, 0.25) is 5.65 Å². The number of benzene rings is 1. The molecule has 1 amide bonds. The Hall–Kier alpha value is -4.18. The van der Waals surface area contributed by atoms with Crippen LogP contribution in [0.5, 0.6) is 11.1 Å². The molecule has 5 rings (SSSR count). The molecule has 1 aliphatic rings. The first-order valence-electron chi connectivity index (χ1n) is 12.3. The van der Waals surface area contributed by atoms with Crippen molar-refractivity contribution >= 4 is 50.6 Å². The van der Waals surface area contributed by atoms with E-state index in [2.05, 4.69) is 44.3 Å². The maximum Gasteiger partial charge on any atom is 0.490 e. The SMILES string of the molecule is COc1nc2c(C(=O)Nc3cn4cc(C)nc4c(OC)n3)ccc(N3C[C@H](C)N[C@@H](C)C3)c2s1.O=C(O)C(F)(F)F. The van der Waals surface area contributed by atoms with E-state index >= 15 is 0 Å². The summed E-state index contributed by atoms with van der Waals surface area (Å²) in [6.45, 7) is 7.99. The molecule has 0 bridgehead atoms. The van der Waals surface area contributed by atoms with Gasteiger partial charge in [0.1, 0.15) is 5.52 Å². The van der Waals surface area contributed by atoms with Gasteiger partial charge >= 0.3 is 12.1 Å². The van der Waals surface area contributed by atoms with Crippen molar-refractivity contribution in [2.45, 2.75) is 39.0 Å². The number of anilines is 2. The van der Waals surface area contributed by atoms with E-state index in [9.17, 15) is 18.0 Å². The highest BCUT2D eigenvalue weighted by Gasteiger charge is 2.38. The molecule has 0 saturated carbocycles. The summed E-state index contributed by atoms with van der Waals surface area (Å²) in [4.78, 5) is 38.0. The Morgan fingerprint density at radius 1 is 1.10 bits per heavy atom. The Morgan fingerprint density at radius 3 is 2.34 bits per heavy atom. The number of carbonyl (C=O) groups excluding carboxylic acids is 1. The lowest BCUT2D eigenvalue weighted by Gasteiger charge is -2.37. The Labute approximate surface area is 236 Å². The molecule has 16 heteroatoms. The number of carbonyl (C=O) groups is 2. The third-order valence-electron chi connectivity index (χ3n) is 6.03. The summed E-state index contributed by atoms with van der Waals surface area (Å²) in [5.41, 5.74) is 3.54. The van der Waals surface area contributed by atoms with Gasteiger partial charge in [-0.1, -0.05) is 11.3 Å². The lowest BCUT2D eigenvalue weighted by Crippen LogP contribution is -2.54. The van der Waals surface area contributed by atoms with Gasteiger partial charge in [-0.25, -0.2) is 14.8 Å². The fourth-order valence-electron chi connectivity index (χ4n) is 4.49. The molecule has 0 aliphatic carbocycles. The number of aromatic nitrogens is 4. The number of hydrogen-bond donors (Lipinski definition) is 3. The van der Waals surface area contributed by atoms with Crippen molar-refractivity contribution < 1.29 is 37.3 Å². The molecular formula is C25H28F3N7O5S. The zero-order valence-electron chi connectivity index (χ0n) is 22.7. The average Bonchev–Trinajstić information content (AvgIpc) is 3.49. The van der Waals surface area contributed by atoms with Crippen LogP contribution in [0, 0.1) is 6.92 Å². The zero-order valence-corrected chi connectivity index (χ0v) is 23.6. The van der Waals surface area contributed by atoms with Crippen molar-refractivity contribution in [3.8, 4) is 11.1 Å². The van der Waals surface area contributed by atoms with Crippen molar-refractivity contribution in [1.29, 1.82) is 0 Å². The minimum absolute atomic E-state index is 0.308. The number of nitrogens with one attached hydrogen (secondary N) is 2. The van der Waals surface area contributed by atoms with E-state index in [4.69, 9.17) is 19.4 Å². The summed E-state index contributed by atoms with van der Waals surface area (Å²) in [5, 5.41) is 14.1. The quantitative estimate of drug-likeness (QED) is 0.312. The van der Waals surface area contributed by atoms with Gasteiger partial charge in [0.05, 0.1) is 42.1 Å². The van der Waals surface area contributed by atoms with Gasteiger partial charge in [0, 0.05) is 31.4 Å². The number of halogens is 3. The Morgan fingerprint density at radius 2 is 1.76 bits per heavy atom. The van der Waals surface area contributed by atoms with Crippen molar-refractivity contribution in [1.82, 2.24) is 24.7 Å². The lowest BCUT2D eigenvalue weighted by atomic mass is 10.1. The van der Waals surface area contributed by atoms with Gasteiger partial charge in [0.15, 0.2) is 5.82 Å². The normalized spacial score (nSPS) is 17.2. The predicted molar refractivity (Wildman–Crippen MR) is 146 cm³/mol. The minimum atomic E-state index is -5.08. The van der Waals surface area contributed by atoms with E-state index in [1.807, 2.05) is 25.3 Å². The van der Waals surface area contributed by atoms with Crippen molar-refractivity contribution in [2.24, 2.45) is 0 Å². The van der Waals surface area contributed by atoms with Crippen LogP contribution in [0.2, 0.25) is 0 Å². The molecular weight excluding hydrogens is 567 g/mol. The number of piperazine rings is 1. The third-order valence-corrected chi connectivity index (χ3v) is 7.06. The van der Waals surface area contributed by atoms with Crippen LogP contribution in [0.15, 0.2) is 24.5 Å². The largest absolute Gasteiger partial charge is 0.490 e. The third kappa shape index (κ3) is 6.59. The first-order valence-corrected chi connectivity index (χ1v) is 13.1. The average molecular weight is 596 g/mol. The summed E-state index contributed by atoms with van der Waals surface area (Å²) in [5.74, 6) is -2.37. The topological polar surface area (TPSA) is 143 Å². The number of imidazole rings is 1. The molecule has 1 fully saturated rings. The molecule has 4 aromatic rings. The second-order valence-corrected chi connectivity index (χ2v) is 10.3. The van der Waals surface area contributed by atoms with E-state index in [0.717, 1.165) is 29.2 Å². The number of aliphatic carboxylic acids is 1. The van der Waals surface area contributed by atoms with Crippen LogP contribution < -0.4 is 25.0 Å². The second kappa shape index (κ2) is 11.7. The fourth-order valence-corrected chi connectivity index (χ4v) is 5.44. The van der Waals surface area contributed by atoms with Crippen molar-refractivity contribution in [3.63, 3.8) is 0 Å². The van der Waals surface area contributed by atoms with Gasteiger partial charge in [-0.2, -0.15) is 18.2 Å². The molecule has 0 spiro atoms. The molecule has 3 aromatic heterocycles. The molecule has 41 heavy (non-hydrogen) atoms. The highest BCUT2D eigenvalue weighted by atomic mass is 32.1. The maximum absolute atomic E-state index is 13.3. The first kappa shape index (κ1) is 29.8. The number of fused-ring (bicyclic) bond motifs is 2. The summed E-state index contributed by atoms with van der Waals surface area (Å²) in [7, 11) is 3.12. The van der Waals surface area contributed by atoms with Crippen molar-refractivity contribution in [3.05, 3.63) is 35.8 Å². The van der Waals surface area contributed by atoms with E-state index in [-0.39, 0.29) is 5.91 Å². The van der Waals surface area contributed by atoms with Crippen LogP contribution >= 0.6 is 11.3 Å². The van der Waals surface area contributed by atoms with Gasteiger partial charge < -0.3 is 30.1 Å². The minimum Gasteiger partial charge on any atom is -0.478 e. The number of hydrogen-bond acceptors (Lipinski definition) is 10. The highest BCUT2D eigenvalue weighted by molar-refractivity contribution is 7.21. The number of amides is 1. The number of carboxylic acid groups (broad SMARTS) is 1. The summed E-state index contributed by atoms with van der Waals surface area (Å²) in [6, 6.07) is 4.54. The Balaban J connectivity index is 0.000000493. The van der Waals surface area contributed by atoms with E-state index in [1.165, 1.54) is 18.4 Å². The monoisotopic (exact) mass is 595 g/mol. The van der Waals surface area contributed by atoms with Crippen LogP contribution in [0.4, 0.5) is 24.7 Å². The van der Waals surface area contributed by atoms with E-state index in [0.29, 0.717) is 45.7 Å². The number of thiazole rings is 1. The number of methoxy groups -OCH3 is 2. The number of nitrogens with zero attached hydrogens (tertiary/aromatic N) is 5. The summed E-state index contributed by atoms with van der Waals surface area (Å²) in [6.07, 6.45) is -1.52. The number of ether oxygens (including phenoxy) is 2. The first-order chi connectivity index (χ1) is 19.3. The molecule has 0 unspecified atom stereocenters.